The fourth-order valence-electron chi connectivity index (χ4n) is 3.58. The van der Waals surface area contributed by atoms with E-state index < -0.39 is 0 Å². The van der Waals surface area contributed by atoms with E-state index in [1.54, 1.807) is 6.33 Å². The van der Waals surface area contributed by atoms with Gasteiger partial charge in [0, 0.05) is 23.0 Å². The first kappa shape index (κ1) is 18.9. The topological polar surface area (TPSA) is 97.2 Å². The quantitative estimate of drug-likeness (QED) is 0.449. The van der Waals surface area contributed by atoms with Gasteiger partial charge in [-0.3, -0.25) is 9.67 Å². The van der Waals surface area contributed by atoms with Crippen molar-refractivity contribution in [1.82, 2.24) is 34.9 Å². The molecule has 153 valence electrons. The number of rotatable bonds is 5. The number of pyridine rings is 1. The molecule has 0 aliphatic carbocycles. The first-order valence-electron chi connectivity index (χ1n) is 10.1. The molecular weight excluding hydrogens is 388 g/mol. The molecule has 0 unspecified atom stereocenters. The van der Waals surface area contributed by atoms with E-state index in [4.69, 9.17) is 4.98 Å². The van der Waals surface area contributed by atoms with Gasteiger partial charge in [-0.05, 0) is 62.7 Å². The highest BCUT2D eigenvalue weighted by atomic mass is 15.2. The minimum atomic E-state index is 0.691. The van der Waals surface area contributed by atoms with Crippen LogP contribution < -0.4 is 5.32 Å². The molecular formula is C23H21N8. The van der Waals surface area contributed by atoms with Crippen LogP contribution in [0.3, 0.4) is 0 Å². The molecule has 5 aromatic rings. The lowest BCUT2D eigenvalue weighted by Gasteiger charge is -2.08. The second kappa shape index (κ2) is 7.64. The Morgan fingerprint density at radius 1 is 1.10 bits per heavy atom. The summed E-state index contributed by atoms with van der Waals surface area (Å²) in [6, 6.07) is 16.9. The van der Waals surface area contributed by atoms with Gasteiger partial charge in [-0.1, -0.05) is 6.92 Å². The van der Waals surface area contributed by atoms with E-state index >= 15 is 0 Å². The molecule has 4 aromatic heterocycles. The molecule has 8 nitrogen and oxygen atoms in total. The number of aromatic amines is 1. The number of nitrogens with zero attached hydrogens (tertiary/aromatic N) is 6. The molecule has 0 saturated heterocycles. The zero-order valence-electron chi connectivity index (χ0n) is 17.5. The highest BCUT2D eigenvalue weighted by Crippen LogP contribution is 2.27. The first-order valence-corrected chi connectivity index (χ1v) is 10.1. The Balaban J connectivity index is 1.50. The van der Waals surface area contributed by atoms with E-state index in [-0.39, 0.29) is 0 Å². The van der Waals surface area contributed by atoms with Gasteiger partial charge in [-0.15, -0.1) is 5.10 Å². The molecule has 5 rings (SSSR count). The van der Waals surface area contributed by atoms with Gasteiger partial charge < -0.3 is 5.32 Å². The number of aromatic nitrogens is 7. The van der Waals surface area contributed by atoms with Gasteiger partial charge in [0.15, 0.2) is 5.82 Å². The molecule has 0 spiro atoms. The third-order valence-corrected chi connectivity index (χ3v) is 5.16. The average molecular weight is 409 g/mol. The summed E-state index contributed by atoms with van der Waals surface area (Å²) >= 11 is 0. The zero-order chi connectivity index (χ0) is 21.4. The number of nitrogens with one attached hydrogen (secondary N) is 2. The van der Waals surface area contributed by atoms with Crippen LogP contribution in [0.4, 0.5) is 11.5 Å². The number of imidazole rings is 1. The van der Waals surface area contributed by atoms with Crippen molar-refractivity contribution in [2.75, 3.05) is 5.32 Å². The second-order valence-electron chi connectivity index (χ2n) is 7.32. The maximum Gasteiger partial charge on any atom is 0.153 e. The molecule has 0 atom stereocenters. The lowest BCUT2D eigenvalue weighted by atomic mass is 10.1. The molecule has 0 fully saturated rings. The molecule has 0 saturated carbocycles. The predicted octanol–water partition coefficient (Wildman–Crippen LogP) is 4.32. The molecule has 0 aliphatic rings. The zero-order valence-corrected chi connectivity index (χ0v) is 17.5. The van der Waals surface area contributed by atoms with Crippen molar-refractivity contribution in [3.05, 3.63) is 71.9 Å². The lowest BCUT2D eigenvalue weighted by Crippen LogP contribution is -1.99. The SMILES string of the molecule is CCc1[nH]nc(C)c1-c1[c]ccc(-n2cnc3cc(Nc4ccc(C)nn4)ccc32)n1. The predicted molar refractivity (Wildman–Crippen MR) is 119 cm³/mol. The van der Waals surface area contributed by atoms with Crippen LogP contribution >= 0.6 is 0 Å². The number of hydrogen-bond donors (Lipinski definition) is 2. The molecule has 31 heavy (non-hydrogen) atoms. The van der Waals surface area contributed by atoms with Gasteiger partial charge in [0.25, 0.3) is 0 Å². The van der Waals surface area contributed by atoms with E-state index in [9.17, 15) is 0 Å². The number of fused-ring (bicyclic) bond motifs is 1. The summed E-state index contributed by atoms with van der Waals surface area (Å²) < 4.78 is 1.98. The van der Waals surface area contributed by atoms with Crippen molar-refractivity contribution >= 4 is 22.5 Å². The number of benzene rings is 1. The maximum absolute atomic E-state index is 4.85. The standard InChI is InChI=1S/C23H21N8/c1-4-17-23(15(3)28-29-17)18-6-5-7-22(26-18)31-13-24-19-12-16(9-10-20(19)31)25-21-11-8-14(2)27-30-21/h5,7-13H,4H2,1-3H3,(H,25,30)(H,28,29). The molecule has 0 aliphatic heterocycles. The van der Waals surface area contributed by atoms with Gasteiger partial charge in [-0.2, -0.15) is 10.2 Å². The van der Waals surface area contributed by atoms with Crippen LogP contribution in [-0.4, -0.2) is 34.9 Å². The number of anilines is 2. The summed E-state index contributed by atoms with van der Waals surface area (Å²) in [7, 11) is 0. The number of hydrogen-bond acceptors (Lipinski definition) is 6. The molecule has 2 N–H and O–H groups in total. The minimum absolute atomic E-state index is 0.691. The van der Waals surface area contributed by atoms with Crippen molar-refractivity contribution in [3.8, 4) is 17.1 Å². The Kier molecular flexibility index (Phi) is 4.66. The van der Waals surface area contributed by atoms with E-state index in [1.807, 2.05) is 60.9 Å². The van der Waals surface area contributed by atoms with Gasteiger partial charge in [0.05, 0.1) is 28.1 Å². The fraction of sp³-hybridized carbons (Fsp3) is 0.174. The second-order valence-corrected chi connectivity index (χ2v) is 7.32. The number of aryl methyl sites for hydroxylation is 3. The van der Waals surface area contributed by atoms with Crippen LogP contribution in [-0.2, 0) is 6.42 Å². The van der Waals surface area contributed by atoms with Crippen LogP contribution in [0.2, 0.25) is 0 Å². The third kappa shape index (κ3) is 3.52. The Labute approximate surface area is 179 Å². The summed E-state index contributed by atoms with van der Waals surface area (Å²) in [5.74, 6) is 1.47. The first-order chi connectivity index (χ1) is 15.1. The molecule has 8 heteroatoms. The van der Waals surface area contributed by atoms with Crippen molar-refractivity contribution < 1.29 is 0 Å². The van der Waals surface area contributed by atoms with E-state index in [1.165, 1.54) is 0 Å². The van der Waals surface area contributed by atoms with Crippen molar-refractivity contribution in [3.63, 3.8) is 0 Å². The molecule has 0 amide bonds. The maximum atomic E-state index is 4.85. The Hall–Kier alpha value is -4.07. The Morgan fingerprint density at radius 3 is 2.81 bits per heavy atom. The van der Waals surface area contributed by atoms with Crippen LogP contribution in [0.15, 0.2) is 48.8 Å². The normalized spacial score (nSPS) is 11.2. The minimum Gasteiger partial charge on any atom is -0.339 e. The Morgan fingerprint density at radius 2 is 2.00 bits per heavy atom. The van der Waals surface area contributed by atoms with Crippen molar-refractivity contribution in [2.45, 2.75) is 27.2 Å². The van der Waals surface area contributed by atoms with E-state index in [0.717, 1.165) is 57.3 Å². The summed E-state index contributed by atoms with van der Waals surface area (Å²) in [4.78, 5) is 9.42. The van der Waals surface area contributed by atoms with Crippen LogP contribution in [0, 0.1) is 19.9 Å². The summed E-state index contributed by atoms with van der Waals surface area (Å²) in [5.41, 5.74) is 7.36. The monoisotopic (exact) mass is 409 g/mol. The van der Waals surface area contributed by atoms with Crippen LogP contribution in [0.1, 0.15) is 24.0 Å². The van der Waals surface area contributed by atoms with Crippen LogP contribution in [0.5, 0.6) is 0 Å². The summed E-state index contributed by atoms with van der Waals surface area (Å²) in [5, 5.41) is 18.9. The van der Waals surface area contributed by atoms with Gasteiger partial charge in [0.1, 0.15) is 12.1 Å². The van der Waals surface area contributed by atoms with Crippen molar-refractivity contribution in [2.24, 2.45) is 0 Å². The third-order valence-electron chi connectivity index (χ3n) is 5.16. The largest absolute Gasteiger partial charge is 0.339 e. The Bertz CT molecular complexity index is 1360. The van der Waals surface area contributed by atoms with E-state index in [2.05, 4.69) is 43.7 Å². The lowest BCUT2D eigenvalue weighted by molar-refractivity contribution is 0.962. The average Bonchev–Trinajstić information content (AvgIpc) is 3.38. The smallest absolute Gasteiger partial charge is 0.153 e. The molecule has 0 bridgehead atoms. The van der Waals surface area contributed by atoms with Gasteiger partial charge in [-0.25, -0.2) is 9.97 Å². The molecule has 4 heterocycles. The van der Waals surface area contributed by atoms with Crippen LogP contribution in [0.25, 0.3) is 28.1 Å². The highest BCUT2D eigenvalue weighted by molar-refractivity contribution is 5.82. The molecule has 1 aromatic carbocycles. The van der Waals surface area contributed by atoms with Gasteiger partial charge in [0.2, 0.25) is 0 Å². The summed E-state index contributed by atoms with van der Waals surface area (Å²) in [6.45, 7) is 5.98. The number of H-pyrrole nitrogens is 1. The van der Waals surface area contributed by atoms with Crippen molar-refractivity contribution in [1.29, 1.82) is 0 Å². The van der Waals surface area contributed by atoms with E-state index in [0.29, 0.717) is 5.82 Å². The molecule has 1 radical (unpaired) electrons. The van der Waals surface area contributed by atoms with Gasteiger partial charge >= 0.3 is 0 Å². The highest BCUT2D eigenvalue weighted by Gasteiger charge is 2.14. The fourth-order valence-corrected chi connectivity index (χ4v) is 3.58. The summed E-state index contributed by atoms with van der Waals surface area (Å²) in [6.07, 6.45) is 2.64.